The highest BCUT2D eigenvalue weighted by Gasteiger charge is 2.48. The predicted octanol–water partition coefficient (Wildman–Crippen LogP) is 1.84. The van der Waals surface area contributed by atoms with E-state index in [1.807, 2.05) is 30.3 Å². The lowest BCUT2D eigenvalue weighted by Crippen LogP contribution is -2.56. The van der Waals surface area contributed by atoms with Crippen LogP contribution in [0, 0.1) is 5.41 Å². The number of carboxylic acid groups (broad SMARTS) is 1. The number of carboxylic acids is 1. The van der Waals surface area contributed by atoms with Crippen molar-refractivity contribution in [1.82, 2.24) is 4.90 Å². The minimum Gasteiger partial charge on any atom is -0.479 e. The molecule has 0 unspecified atom stereocenters. The van der Waals surface area contributed by atoms with E-state index in [-0.39, 0.29) is 24.2 Å². The highest BCUT2D eigenvalue weighted by molar-refractivity contribution is 5.85. The van der Waals surface area contributed by atoms with E-state index in [9.17, 15) is 14.7 Å². The van der Waals surface area contributed by atoms with Crippen LogP contribution in [0.1, 0.15) is 37.7 Å². The van der Waals surface area contributed by atoms with Crippen LogP contribution in [0.15, 0.2) is 30.3 Å². The van der Waals surface area contributed by atoms with Gasteiger partial charge in [-0.25, -0.2) is 4.79 Å². The first-order valence-corrected chi connectivity index (χ1v) is 8.24. The van der Waals surface area contributed by atoms with Crippen molar-refractivity contribution >= 4 is 11.9 Å². The molecule has 0 aromatic heterocycles. The lowest BCUT2D eigenvalue weighted by Gasteiger charge is -2.46. The minimum absolute atomic E-state index is 0.107. The van der Waals surface area contributed by atoms with Gasteiger partial charge in [0.1, 0.15) is 0 Å². The number of aliphatic carboxylic acids is 1. The molecule has 0 atom stereocenters. The Hall–Kier alpha value is -1.88. The van der Waals surface area contributed by atoms with Crippen molar-refractivity contribution in [3.8, 4) is 0 Å². The number of rotatable bonds is 4. The van der Waals surface area contributed by atoms with E-state index in [1.165, 1.54) is 5.56 Å². The van der Waals surface area contributed by atoms with Crippen LogP contribution in [0.4, 0.5) is 0 Å². The maximum absolute atomic E-state index is 13.0. The second-order valence-corrected chi connectivity index (χ2v) is 6.93. The summed E-state index contributed by atoms with van der Waals surface area (Å²) in [7, 11) is 0. The van der Waals surface area contributed by atoms with E-state index >= 15 is 0 Å². The molecule has 5 heteroatoms. The van der Waals surface area contributed by atoms with Gasteiger partial charge in [0, 0.05) is 25.9 Å². The van der Waals surface area contributed by atoms with Crippen LogP contribution in [-0.2, 0) is 16.0 Å². The van der Waals surface area contributed by atoms with E-state index in [2.05, 4.69) is 0 Å². The van der Waals surface area contributed by atoms with Gasteiger partial charge in [0.2, 0.25) is 5.91 Å². The molecule has 1 heterocycles. The van der Waals surface area contributed by atoms with Crippen molar-refractivity contribution in [3.63, 3.8) is 0 Å². The van der Waals surface area contributed by atoms with Gasteiger partial charge in [0.05, 0.1) is 5.41 Å². The Bertz CT molecular complexity index is 586. The molecule has 1 aliphatic carbocycles. The molecular weight excluding hydrogens is 294 g/mol. The average Bonchev–Trinajstić information content (AvgIpc) is 2.52. The molecule has 0 spiro atoms. The predicted molar refractivity (Wildman–Crippen MR) is 84.8 cm³/mol. The van der Waals surface area contributed by atoms with E-state index in [4.69, 9.17) is 5.11 Å². The largest absolute Gasteiger partial charge is 0.479 e. The summed E-state index contributed by atoms with van der Waals surface area (Å²) in [6.07, 6.45) is 3.80. The molecule has 1 saturated carbocycles. The van der Waals surface area contributed by atoms with E-state index < -0.39 is 11.6 Å². The third kappa shape index (κ3) is 2.98. The van der Waals surface area contributed by atoms with E-state index in [1.54, 1.807) is 4.90 Å². The number of amides is 1. The van der Waals surface area contributed by atoms with Crippen LogP contribution in [0.3, 0.4) is 0 Å². The molecule has 23 heavy (non-hydrogen) atoms. The summed E-state index contributed by atoms with van der Waals surface area (Å²) >= 11 is 0. The van der Waals surface area contributed by atoms with Crippen molar-refractivity contribution in [2.75, 3.05) is 13.1 Å². The zero-order valence-corrected chi connectivity index (χ0v) is 13.2. The lowest BCUT2D eigenvalue weighted by atomic mass is 9.64. The number of carbonyl (C=O) groups is 2. The highest BCUT2D eigenvalue weighted by atomic mass is 16.4. The van der Waals surface area contributed by atoms with Crippen molar-refractivity contribution in [2.24, 2.45) is 5.41 Å². The monoisotopic (exact) mass is 317 g/mol. The molecule has 0 bridgehead atoms. The highest BCUT2D eigenvalue weighted by Crippen LogP contribution is 2.45. The first-order valence-electron chi connectivity index (χ1n) is 8.24. The zero-order chi connectivity index (χ0) is 16.5. The second kappa shape index (κ2) is 5.96. The van der Waals surface area contributed by atoms with Gasteiger partial charge >= 0.3 is 5.97 Å². The number of aliphatic hydroxyl groups is 1. The first kappa shape index (κ1) is 16.0. The molecule has 5 nitrogen and oxygen atoms in total. The molecule has 1 saturated heterocycles. The number of likely N-dealkylation sites (tertiary alicyclic amines) is 1. The summed E-state index contributed by atoms with van der Waals surface area (Å²) in [6, 6.07) is 10.0. The van der Waals surface area contributed by atoms with Gasteiger partial charge in [-0.15, -0.1) is 0 Å². The molecule has 1 amide bonds. The van der Waals surface area contributed by atoms with Gasteiger partial charge in [-0.05, 0) is 24.8 Å². The fourth-order valence-electron chi connectivity index (χ4n) is 3.69. The van der Waals surface area contributed by atoms with Gasteiger partial charge < -0.3 is 15.1 Å². The van der Waals surface area contributed by atoms with Crippen molar-refractivity contribution < 1.29 is 19.8 Å². The number of nitrogens with zero attached hydrogens (tertiary/aromatic N) is 1. The summed E-state index contributed by atoms with van der Waals surface area (Å²) in [5.41, 5.74) is -0.845. The summed E-state index contributed by atoms with van der Waals surface area (Å²) < 4.78 is 0. The topological polar surface area (TPSA) is 77.8 Å². The molecular formula is C18H23NO4. The Labute approximate surface area is 135 Å². The van der Waals surface area contributed by atoms with Crippen LogP contribution < -0.4 is 0 Å². The molecule has 2 N–H and O–H groups in total. The smallest absolute Gasteiger partial charge is 0.335 e. The van der Waals surface area contributed by atoms with E-state index in [0.29, 0.717) is 13.1 Å². The van der Waals surface area contributed by atoms with Gasteiger partial charge in [-0.1, -0.05) is 36.8 Å². The molecule has 0 radical (unpaired) electrons. The second-order valence-electron chi connectivity index (χ2n) is 6.93. The minimum atomic E-state index is -1.68. The maximum atomic E-state index is 13.0. The van der Waals surface area contributed by atoms with Crippen molar-refractivity contribution in [2.45, 2.75) is 44.1 Å². The fraction of sp³-hybridized carbons (Fsp3) is 0.556. The van der Waals surface area contributed by atoms with E-state index in [0.717, 1.165) is 25.7 Å². The Kier molecular flexibility index (Phi) is 4.15. The number of hydrogen-bond donors (Lipinski definition) is 2. The van der Waals surface area contributed by atoms with Crippen LogP contribution in [0.25, 0.3) is 0 Å². The summed E-state index contributed by atoms with van der Waals surface area (Å²) in [4.78, 5) is 25.8. The van der Waals surface area contributed by atoms with Gasteiger partial charge in [0.15, 0.2) is 5.60 Å². The van der Waals surface area contributed by atoms with Crippen molar-refractivity contribution in [3.05, 3.63) is 35.9 Å². The molecule has 1 aliphatic heterocycles. The number of piperidine rings is 1. The number of hydrogen-bond acceptors (Lipinski definition) is 3. The number of carbonyl (C=O) groups excluding carboxylic acids is 1. The third-order valence-electron chi connectivity index (χ3n) is 5.43. The van der Waals surface area contributed by atoms with Crippen molar-refractivity contribution in [1.29, 1.82) is 0 Å². The molecule has 2 fully saturated rings. The maximum Gasteiger partial charge on any atom is 0.335 e. The SMILES string of the molecule is O=C(O)C1(O)CCN(C(=O)C2(Cc3ccccc3)CCC2)CC1. The Morgan fingerprint density at radius 3 is 2.13 bits per heavy atom. The van der Waals surface area contributed by atoms with Gasteiger partial charge in [-0.3, -0.25) is 4.79 Å². The molecule has 3 rings (SSSR count). The lowest BCUT2D eigenvalue weighted by molar-refractivity contribution is -0.168. The first-order chi connectivity index (χ1) is 11.0. The third-order valence-corrected chi connectivity index (χ3v) is 5.43. The van der Waals surface area contributed by atoms with Gasteiger partial charge in [0.25, 0.3) is 0 Å². The zero-order valence-electron chi connectivity index (χ0n) is 13.2. The Morgan fingerprint density at radius 1 is 1.04 bits per heavy atom. The summed E-state index contributed by atoms with van der Waals surface area (Å²) in [5.74, 6) is -1.06. The molecule has 1 aromatic rings. The van der Waals surface area contributed by atoms with Gasteiger partial charge in [-0.2, -0.15) is 0 Å². The van der Waals surface area contributed by atoms with Crippen LogP contribution in [0.5, 0.6) is 0 Å². The fourth-order valence-corrected chi connectivity index (χ4v) is 3.69. The van der Waals surface area contributed by atoms with Crippen LogP contribution in [0.2, 0.25) is 0 Å². The summed E-state index contributed by atoms with van der Waals surface area (Å²) in [6.45, 7) is 0.635. The summed E-state index contributed by atoms with van der Waals surface area (Å²) in [5, 5.41) is 19.1. The molecule has 124 valence electrons. The average molecular weight is 317 g/mol. The Balaban J connectivity index is 1.68. The Morgan fingerprint density at radius 2 is 1.65 bits per heavy atom. The molecule has 1 aromatic carbocycles. The quantitative estimate of drug-likeness (QED) is 0.888. The van der Waals surface area contributed by atoms with Crippen LogP contribution in [-0.4, -0.2) is 45.7 Å². The molecule has 2 aliphatic rings. The van der Waals surface area contributed by atoms with Crippen LogP contribution >= 0.6 is 0 Å². The standard InChI is InChI=1S/C18H23NO4/c20-15(19-11-9-18(23,10-12-19)16(21)22)17(7-4-8-17)13-14-5-2-1-3-6-14/h1-3,5-6,23H,4,7-13H2,(H,21,22). The number of benzene rings is 1. The normalized spacial score (nSPS) is 22.2.